The summed E-state index contributed by atoms with van der Waals surface area (Å²) in [6.07, 6.45) is 5.59. The minimum absolute atomic E-state index is 0.686. The molecule has 1 saturated carbocycles. The molecule has 1 aromatic rings. The summed E-state index contributed by atoms with van der Waals surface area (Å²) in [7, 11) is 1.64. The second-order valence-electron chi connectivity index (χ2n) is 4.73. The van der Waals surface area contributed by atoms with Crippen LogP contribution in [-0.4, -0.2) is 13.7 Å². The second kappa shape index (κ2) is 6.27. The van der Waals surface area contributed by atoms with Crippen molar-refractivity contribution in [3.05, 3.63) is 28.8 Å². The Hall–Kier alpha value is -0.730. The molecule has 1 N–H and O–H groups in total. The van der Waals surface area contributed by atoms with Gasteiger partial charge in [-0.25, -0.2) is 0 Å². The van der Waals surface area contributed by atoms with E-state index in [1.165, 1.54) is 31.2 Å². The maximum Gasteiger partial charge on any atom is 0.137 e. The molecule has 1 aliphatic carbocycles. The fourth-order valence-electron chi connectivity index (χ4n) is 2.14. The van der Waals surface area contributed by atoms with Crippen molar-refractivity contribution >= 4 is 11.6 Å². The summed E-state index contributed by atoms with van der Waals surface area (Å²) in [4.78, 5) is 0. The van der Waals surface area contributed by atoms with Crippen LogP contribution in [0.5, 0.6) is 5.75 Å². The molecule has 0 aromatic heterocycles. The molecule has 1 aliphatic rings. The number of hydrogen-bond donors (Lipinski definition) is 1. The van der Waals surface area contributed by atoms with E-state index in [4.69, 9.17) is 16.3 Å². The lowest BCUT2D eigenvalue weighted by Crippen LogP contribution is -2.21. The van der Waals surface area contributed by atoms with Gasteiger partial charge >= 0.3 is 0 Å². The number of benzene rings is 1. The first-order valence-electron chi connectivity index (χ1n) is 6.32. The molecule has 0 atom stereocenters. The minimum Gasteiger partial charge on any atom is -0.495 e. The third kappa shape index (κ3) is 3.62. The summed E-state index contributed by atoms with van der Waals surface area (Å²) in [5.41, 5.74) is 1.21. The van der Waals surface area contributed by atoms with E-state index in [0.717, 1.165) is 24.8 Å². The van der Waals surface area contributed by atoms with Crippen LogP contribution in [0, 0.1) is 5.92 Å². The normalized spacial score (nSPS) is 15.6. The molecule has 0 radical (unpaired) electrons. The number of methoxy groups -OCH3 is 1. The largest absolute Gasteiger partial charge is 0.495 e. The van der Waals surface area contributed by atoms with Crippen LogP contribution in [0.1, 0.15) is 31.2 Å². The van der Waals surface area contributed by atoms with E-state index in [9.17, 15) is 0 Å². The van der Waals surface area contributed by atoms with Crippen LogP contribution in [0.4, 0.5) is 0 Å². The van der Waals surface area contributed by atoms with Gasteiger partial charge in [0.05, 0.1) is 12.1 Å². The van der Waals surface area contributed by atoms with Crippen LogP contribution in [0.25, 0.3) is 0 Å². The number of nitrogens with one attached hydrogen (secondary N) is 1. The Kier molecular flexibility index (Phi) is 4.69. The predicted octanol–water partition coefficient (Wildman–Crippen LogP) is 3.63. The molecule has 2 rings (SSSR count). The zero-order valence-electron chi connectivity index (χ0n) is 10.3. The first-order chi connectivity index (χ1) is 8.29. The average Bonchev–Trinajstić information content (AvgIpc) is 2.26. The van der Waals surface area contributed by atoms with Crippen LogP contribution in [0.15, 0.2) is 18.2 Å². The minimum atomic E-state index is 0.686. The van der Waals surface area contributed by atoms with Crippen molar-refractivity contribution in [2.24, 2.45) is 5.92 Å². The van der Waals surface area contributed by atoms with Gasteiger partial charge in [0, 0.05) is 6.54 Å². The lowest BCUT2D eigenvalue weighted by molar-refractivity contribution is 0.292. The highest BCUT2D eigenvalue weighted by atomic mass is 35.5. The maximum atomic E-state index is 6.07. The third-order valence-corrected chi connectivity index (χ3v) is 3.79. The van der Waals surface area contributed by atoms with Crippen molar-refractivity contribution in [3.63, 3.8) is 0 Å². The number of ether oxygens (including phenoxy) is 1. The lowest BCUT2D eigenvalue weighted by Gasteiger charge is -2.25. The van der Waals surface area contributed by atoms with Gasteiger partial charge in [-0.15, -0.1) is 0 Å². The van der Waals surface area contributed by atoms with Gasteiger partial charge in [-0.1, -0.05) is 36.9 Å². The van der Waals surface area contributed by atoms with Crippen molar-refractivity contribution in [1.82, 2.24) is 5.32 Å². The van der Waals surface area contributed by atoms with Crippen molar-refractivity contribution in [2.45, 2.75) is 32.2 Å². The van der Waals surface area contributed by atoms with Gasteiger partial charge in [0.2, 0.25) is 0 Å². The number of halogens is 1. The van der Waals surface area contributed by atoms with Gasteiger partial charge in [0.15, 0.2) is 0 Å². The fourth-order valence-corrected chi connectivity index (χ4v) is 2.42. The van der Waals surface area contributed by atoms with Crippen molar-refractivity contribution in [2.75, 3.05) is 13.7 Å². The SMILES string of the molecule is COc1ccc(CNCCC2CCC2)cc1Cl. The first-order valence-corrected chi connectivity index (χ1v) is 6.70. The third-order valence-electron chi connectivity index (χ3n) is 3.50. The monoisotopic (exact) mass is 253 g/mol. The summed E-state index contributed by atoms with van der Waals surface area (Å²) in [6, 6.07) is 5.95. The highest BCUT2D eigenvalue weighted by Gasteiger charge is 2.16. The molecule has 3 heteroatoms. The summed E-state index contributed by atoms with van der Waals surface area (Å²) >= 11 is 6.07. The Morgan fingerprint density at radius 2 is 2.24 bits per heavy atom. The highest BCUT2D eigenvalue weighted by molar-refractivity contribution is 6.32. The predicted molar refractivity (Wildman–Crippen MR) is 71.7 cm³/mol. The van der Waals surface area contributed by atoms with Gasteiger partial charge in [-0.2, -0.15) is 0 Å². The first kappa shape index (κ1) is 12.7. The molecule has 0 saturated heterocycles. The Balaban J connectivity index is 1.72. The van der Waals surface area contributed by atoms with Gasteiger partial charge < -0.3 is 10.1 Å². The van der Waals surface area contributed by atoms with E-state index >= 15 is 0 Å². The van der Waals surface area contributed by atoms with Crippen LogP contribution >= 0.6 is 11.6 Å². The number of hydrogen-bond acceptors (Lipinski definition) is 2. The molecule has 1 aromatic carbocycles. The Morgan fingerprint density at radius 1 is 1.41 bits per heavy atom. The molecule has 17 heavy (non-hydrogen) atoms. The topological polar surface area (TPSA) is 21.3 Å². The van der Waals surface area contributed by atoms with Crippen LogP contribution in [0.3, 0.4) is 0 Å². The summed E-state index contributed by atoms with van der Waals surface area (Å²) in [5, 5.41) is 4.15. The Bertz CT molecular complexity index is 363. The molecule has 94 valence electrons. The average molecular weight is 254 g/mol. The van der Waals surface area contributed by atoms with E-state index in [2.05, 4.69) is 11.4 Å². The molecule has 0 bridgehead atoms. The lowest BCUT2D eigenvalue weighted by atomic mass is 9.83. The quantitative estimate of drug-likeness (QED) is 0.782. The Labute approximate surface area is 108 Å². The molecular weight excluding hydrogens is 234 g/mol. The van der Waals surface area contributed by atoms with Crippen molar-refractivity contribution < 1.29 is 4.74 Å². The molecule has 0 spiro atoms. The summed E-state index contributed by atoms with van der Waals surface area (Å²) < 4.78 is 5.13. The molecular formula is C14H20ClNO. The van der Waals surface area contributed by atoms with E-state index in [0.29, 0.717) is 5.02 Å². The fraction of sp³-hybridized carbons (Fsp3) is 0.571. The van der Waals surface area contributed by atoms with Crippen LogP contribution < -0.4 is 10.1 Å². The van der Waals surface area contributed by atoms with E-state index in [1.807, 2.05) is 12.1 Å². The van der Waals surface area contributed by atoms with Gasteiger partial charge in [0.25, 0.3) is 0 Å². The van der Waals surface area contributed by atoms with Crippen LogP contribution in [0.2, 0.25) is 5.02 Å². The maximum absolute atomic E-state index is 6.07. The van der Waals surface area contributed by atoms with Gasteiger partial charge in [-0.05, 0) is 36.6 Å². The van der Waals surface area contributed by atoms with E-state index < -0.39 is 0 Å². The standard InChI is InChI=1S/C14H20ClNO/c1-17-14-6-5-12(9-13(14)15)10-16-8-7-11-3-2-4-11/h5-6,9,11,16H,2-4,7-8,10H2,1H3. The Morgan fingerprint density at radius 3 is 2.82 bits per heavy atom. The summed E-state index contributed by atoms with van der Waals surface area (Å²) in [6.45, 7) is 1.99. The molecule has 0 unspecified atom stereocenters. The molecule has 0 heterocycles. The second-order valence-corrected chi connectivity index (χ2v) is 5.14. The van der Waals surface area contributed by atoms with E-state index in [1.54, 1.807) is 7.11 Å². The molecule has 0 amide bonds. The van der Waals surface area contributed by atoms with Crippen molar-refractivity contribution in [3.8, 4) is 5.75 Å². The smallest absolute Gasteiger partial charge is 0.137 e. The van der Waals surface area contributed by atoms with Gasteiger partial charge in [0.1, 0.15) is 5.75 Å². The summed E-state index contributed by atoms with van der Waals surface area (Å²) in [5.74, 6) is 1.71. The highest BCUT2D eigenvalue weighted by Crippen LogP contribution is 2.29. The van der Waals surface area contributed by atoms with Crippen molar-refractivity contribution in [1.29, 1.82) is 0 Å². The molecule has 0 aliphatic heterocycles. The number of rotatable bonds is 6. The molecule has 2 nitrogen and oxygen atoms in total. The van der Waals surface area contributed by atoms with Crippen LogP contribution in [-0.2, 0) is 6.54 Å². The van der Waals surface area contributed by atoms with E-state index in [-0.39, 0.29) is 0 Å². The van der Waals surface area contributed by atoms with Gasteiger partial charge in [-0.3, -0.25) is 0 Å². The zero-order chi connectivity index (χ0) is 12.1. The zero-order valence-corrected chi connectivity index (χ0v) is 11.1. The molecule has 1 fully saturated rings.